The summed E-state index contributed by atoms with van der Waals surface area (Å²) in [5, 5.41) is 5.94. The van der Waals surface area contributed by atoms with Gasteiger partial charge in [-0.15, -0.1) is 0 Å². The highest BCUT2D eigenvalue weighted by Crippen LogP contribution is 2.20. The van der Waals surface area contributed by atoms with Crippen LogP contribution in [0.3, 0.4) is 0 Å². The third kappa shape index (κ3) is 4.01. The third-order valence-corrected chi connectivity index (χ3v) is 3.25. The monoisotopic (exact) mass is 327 g/mol. The van der Waals surface area contributed by atoms with Crippen LogP contribution in [-0.2, 0) is 6.54 Å². The number of anilines is 3. The number of aromatic nitrogens is 3. The smallest absolute Gasteiger partial charge is 0.229 e. The van der Waals surface area contributed by atoms with Gasteiger partial charge < -0.3 is 10.6 Å². The van der Waals surface area contributed by atoms with Crippen LogP contribution >= 0.6 is 0 Å². The average molecular weight is 327 g/mol. The highest BCUT2D eigenvalue weighted by Gasteiger charge is 2.07. The van der Waals surface area contributed by atoms with Gasteiger partial charge in [0.25, 0.3) is 0 Å². The molecular formula is C17H15F2N5. The molecule has 0 aliphatic heterocycles. The topological polar surface area (TPSA) is 62.7 Å². The molecule has 5 nitrogen and oxygen atoms in total. The van der Waals surface area contributed by atoms with Gasteiger partial charge in [-0.2, -0.15) is 4.98 Å². The zero-order valence-corrected chi connectivity index (χ0v) is 12.9. The first-order valence-corrected chi connectivity index (χ1v) is 7.31. The summed E-state index contributed by atoms with van der Waals surface area (Å²) in [7, 11) is 0. The van der Waals surface area contributed by atoms with E-state index in [0.29, 0.717) is 18.1 Å². The van der Waals surface area contributed by atoms with E-state index in [-0.39, 0.29) is 11.6 Å². The molecule has 3 aromatic rings. The molecule has 3 rings (SSSR count). The van der Waals surface area contributed by atoms with Crippen molar-refractivity contribution in [3.05, 3.63) is 71.7 Å². The number of aryl methyl sites for hydroxylation is 1. The summed E-state index contributed by atoms with van der Waals surface area (Å²) in [5.74, 6) is -0.503. The van der Waals surface area contributed by atoms with E-state index in [2.05, 4.69) is 25.6 Å². The SMILES string of the molecule is Cc1cc(NCc2ccncc2)nc(Nc2ccc(F)cc2F)n1. The Labute approximate surface area is 137 Å². The first kappa shape index (κ1) is 15.8. The second-order valence-electron chi connectivity index (χ2n) is 5.18. The number of benzene rings is 1. The first-order valence-electron chi connectivity index (χ1n) is 7.31. The van der Waals surface area contributed by atoms with E-state index in [0.717, 1.165) is 11.6 Å². The van der Waals surface area contributed by atoms with Crippen LogP contribution < -0.4 is 10.6 Å². The molecule has 0 spiro atoms. The van der Waals surface area contributed by atoms with Gasteiger partial charge in [0.2, 0.25) is 5.95 Å². The molecule has 0 saturated heterocycles. The van der Waals surface area contributed by atoms with Gasteiger partial charge in [0.1, 0.15) is 17.5 Å². The van der Waals surface area contributed by atoms with E-state index in [1.807, 2.05) is 19.1 Å². The van der Waals surface area contributed by atoms with Crippen LogP contribution in [0.2, 0.25) is 0 Å². The molecule has 0 saturated carbocycles. The zero-order valence-electron chi connectivity index (χ0n) is 12.9. The summed E-state index contributed by atoms with van der Waals surface area (Å²) < 4.78 is 26.7. The summed E-state index contributed by atoms with van der Waals surface area (Å²) in [4.78, 5) is 12.5. The van der Waals surface area contributed by atoms with Gasteiger partial charge >= 0.3 is 0 Å². The minimum Gasteiger partial charge on any atom is -0.366 e. The van der Waals surface area contributed by atoms with Crippen LogP contribution in [0.1, 0.15) is 11.3 Å². The van der Waals surface area contributed by atoms with E-state index in [1.54, 1.807) is 18.5 Å². The number of pyridine rings is 1. The maximum atomic E-state index is 13.7. The van der Waals surface area contributed by atoms with Crippen molar-refractivity contribution in [2.45, 2.75) is 13.5 Å². The minimum absolute atomic E-state index is 0.113. The molecule has 0 amide bonds. The normalized spacial score (nSPS) is 10.5. The van der Waals surface area contributed by atoms with Gasteiger partial charge in [-0.05, 0) is 36.8 Å². The maximum Gasteiger partial charge on any atom is 0.229 e. The number of rotatable bonds is 5. The van der Waals surface area contributed by atoms with E-state index < -0.39 is 11.6 Å². The molecule has 0 aliphatic carbocycles. The molecule has 0 atom stereocenters. The Morgan fingerprint density at radius 3 is 2.54 bits per heavy atom. The van der Waals surface area contributed by atoms with Crippen LogP contribution in [-0.4, -0.2) is 15.0 Å². The summed E-state index contributed by atoms with van der Waals surface area (Å²) in [6.45, 7) is 2.38. The summed E-state index contributed by atoms with van der Waals surface area (Å²) in [6.07, 6.45) is 3.43. The lowest BCUT2D eigenvalue weighted by Gasteiger charge is -2.10. The Morgan fingerprint density at radius 2 is 1.79 bits per heavy atom. The number of nitrogens with zero attached hydrogens (tertiary/aromatic N) is 3. The Hall–Kier alpha value is -3.09. The van der Waals surface area contributed by atoms with Crippen molar-refractivity contribution in [2.24, 2.45) is 0 Å². The molecule has 0 unspecified atom stereocenters. The van der Waals surface area contributed by atoms with Gasteiger partial charge in [-0.1, -0.05) is 0 Å². The predicted octanol–water partition coefficient (Wildman–Crippen LogP) is 3.81. The second-order valence-corrected chi connectivity index (χ2v) is 5.18. The third-order valence-electron chi connectivity index (χ3n) is 3.25. The molecule has 0 aliphatic rings. The number of hydrogen-bond donors (Lipinski definition) is 2. The zero-order chi connectivity index (χ0) is 16.9. The van der Waals surface area contributed by atoms with Gasteiger partial charge in [0.05, 0.1) is 5.69 Å². The Bertz CT molecular complexity index is 840. The van der Waals surface area contributed by atoms with E-state index in [9.17, 15) is 8.78 Å². The molecule has 0 bridgehead atoms. The molecular weight excluding hydrogens is 312 g/mol. The molecule has 2 heterocycles. The highest BCUT2D eigenvalue weighted by molar-refractivity contribution is 5.56. The van der Waals surface area contributed by atoms with E-state index in [4.69, 9.17) is 0 Å². The molecule has 2 aromatic heterocycles. The lowest BCUT2D eigenvalue weighted by atomic mass is 10.3. The molecule has 122 valence electrons. The maximum absolute atomic E-state index is 13.7. The number of nitrogens with one attached hydrogen (secondary N) is 2. The van der Waals surface area contributed by atoms with Crippen molar-refractivity contribution in [3.63, 3.8) is 0 Å². The predicted molar refractivity (Wildman–Crippen MR) is 88.0 cm³/mol. The van der Waals surface area contributed by atoms with Crippen molar-refractivity contribution in [1.29, 1.82) is 0 Å². The fourth-order valence-electron chi connectivity index (χ4n) is 2.12. The van der Waals surface area contributed by atoms with Gasteiger partial charge in [-0.25, -0.2) is 13.8 Å². The molecule has 2 N–H and O–H groups in total. The Balaban J connectivity index is 1.76. The second kappa shape index (κ2) is 6.99. The van der Waals surface area contributed by atoms with Crippen LogP contribution in [0.5, 0.6) is 0 Å². The fraction of sp³-hybridized carbons (Fsp3) is 0.118. The Kier molecular flexibility index (Phi) is 4.60. The largest absolute Gasteiger partial charge is 0.366 e. The highest BCUT2D eigenvalue weighted by atomic mass is 19.1. The molecule has 1 aromatic carbocycles. The molecule has 0 fully saturated rings. The molecule has 24 heavy (non-hydrogen) atoms. The lowest BCUT2D eigenvalue weighted by molar-refractivity contribution is 0.586. The summed E-state index contributed by atoms with van der Waals surface area (Å²) in [6, 6.07) is 8.86. The van der Waals surface area contributed by atoms with Crippen molar-refractivity contribution in [2.75, 3.05) is 10.6 Å². The first-order chi connectivity index (χ1) is 11.6. The number of halogens is 2. The van der Waals surface area contributed by atoms with Crippen LogP contribution in [0.4, 0.5) is 26.2 Å². The van der Waals surface area contributed by atoms with Crippen molar-refractivity contribution < 1.29 is 8.78 Å². The van der Waals surface area contributed by atoms with E-state index in [1.165, 1.54) is 12.1 Å². The van der Waals surface area contributed by atoms with Gasteiger partial charge in [0, 0.05) is 36.8 Å². The van der Waals surface area contributed by atoms with E-state index >= 15 is 0 Å². The van der Waals surface area contributed by atoms with Crippen molar-refractivity contribution >= 4 is 17.5 Å². The lowest BCUT2D eigenvalue weighted by Crippen LogP contribution is -2.06. The summed E-state index contributed by atoms with van der Waals surface area (Å²) in [5.41, 5.74) is 1.88. The van der Waals surface area contributed by atoms with Gasteiger partial charge in [0.15, 0.2) is 0 Å². The van der Waals surface area contributed by atoms with Crippen molar-refractivity contribution in [3.8, 4) is 0 Å². The standard InChI is InChI=1S/C17H15F2N5/c1-11-8-16(21-10-12-4-6-20-7-5-12)24-17(22-11)23-15-3-2-13(18)9-14(15)19/h2-9H,10H2,1H3,(H2,21,22,23,24). The van der Waals surface area contributed by atoms with Crippen LogP contribution in [0, 0.1) is 18.6 Å². The van der Waals surface area contributed by atoms with Gasteiger partial charge in [-0.3, -0.25) is 4.98 Å². The number of hydrogen-bond acceptors (Lipinski definition) is 5. The minimum atomic E-state index is -0.702. The Morgan fingerprint density at radius 1 is 1.00 bits per heavy atom. The summed E-state index contributed by atoms with van der Waals surface area (Å²) >= 11 is 0. The average Bonchev–Trinajstić information content (AvgIpc) is 2.56. The van der Waals surface area contributed by atoms with Crippen LogP contribution in [0.25, 0.3) is 0 Å². The van der Waals surface area contributed by atoms with Crippen molar-refractivity contribution in [1.82, 2.24) is 15.0 Å². The fourth-order valence-corrected chi connectivity index (χ4v) is 2.12. The van der Waals surface area contributed by atoms with Crippen LogP contribution in [0.15, 0.2) is 48.8 Å². The molecule has 0 radical (unpaired) electrons. The quantitative estimate of drug-likeness (QED) is 0.746. The molecule has 7 heteroatoms.